The third-order valence-corrected chi connectivity index (χ3v) is 4.03. The van der Waals surface area contributed by atoms with Gasteiger partial charge in [0.1, 0.15) is 0 Å². The molecule has 17 heavy (non-hydrogen) atoms. The van der Waals surface area contributed by atoms with E-state index >= 15 is 0 Å². The van der Waals surface area contributed by atoms with Gasteiger partial charge in [-0.15, -0.1) is 6.58 Å². The topological polar surface area (TPSA) is 74.7 Å². The molecule has 0 spiro atoms. The molecule has 0 fully saturated rings. The van der Waals surface area contributed by atoms with Crippen LogP contribution in [0, 0.1) is 0 Å². The minimum atomic E-state index is -3.57. The van der Waals surface area contributed by atoms with E-state index in [1.807, 2.05) is 0 Å². The van der Waals surface area contributed by atoms with Crippen LogP contribution in [0.4, 0.5) is 0 Å². The molecule has 0 aliphatic rings. The van der Waals surface area contributed by atoms with Crippen molar-refractivity contribution in [3.05, 3.63) is 42.5 Å². The van der Waals surface area contributed by atoms with Crippen LogP contribution in [-0.2, 0) is 10.0 Å². The first-order chi connectivity index (χ1) is 7.89. The summed E-state index contributed by atoms with van der Waals surface area (Å²) in [5.74, 6) is -1.09. The molecule has 0 bridgehead atoms. The molecule has 1 N–H and O–H groups in total. The van der Waals surface area contributed by atoms with E-state index in [2.05, 4.69) is 6.58 Å². The van der Waals surface area contributed by atoms with Crippen LogP contribution in [0.3, 0.4) is 0 Å². The second-order valence-electron chi connectivity index (χ2n) is 3.40. The Bertz CT molecular complexity index is 519. The van der Waals surface area contributed by atoms with Crippen LogP contribution in [0.2, 0.25) is 0 Å². The van der Waals surface area contributed by atoms with E-state index in [1.54, 1.807) is 0 Å². The summed E-state index contributed by atoms with van der Waals surface area (Å²) in [6.45, 7) is 3.66. The van der Waals surface area contributed by atoms with Crippen molar-refractivity contribution in [3.8, 4) is 0 Å². The Kier molecular flexibility index (Phi) is 4.03. The number of rotatable bonds is 5. The van der Waals surface area contributed by atoms with Crippen LogP contribution in [0.15, 0.2) is 41.8 Å². The van der Waals surface area contributed by atoms with Crippen molar-refractivity contribution < 1.29 is 18.3 Å². The maximum absolute atomic E-state index is 11.9. The van der Waals surface area contributed by atoms with Crippen molar-refractivity contribution in [2.75, 3.05) is 13.6 Å². The minimum Gasteiger partial charge on any atom is -0.478 e. The zero-order valence-corrected chi connectivity index (χ0v) is 10.1. The molecule has 6 heteroatoms. The molecule has 1 aromatic carbocycles. The Morgan fingerprint density at radius 3 is 2.35 bits per heavy atom. The molecular weight excluding hydrogens is 242 g/mol. The van der Waals surface area contributed by atoms with E-state index in [-0.39, 0.29) is 17.0 Å². The van der Waals surface area contributed by atoms with Gasteiger partial charge in [0.2, 0.25) is 10.0 Å². The number of aromatic carboxylic acids is 1. The highest BCUT2D eigenvalue weighted by Crippen LogP contribution is 2.15. The van der Waals surface area contributed by atoms with E-state index in [4.69, 9.17) is 5.11 Å². The summed E-state index contributed by atoms with van der Waals surface area (Å²) in [5.41, 5.74) is 0.0512. The van der Waals surface area contributed by atoms with Gasteiger partial charge in [-0.3, -0.25) is 0 Å². The zero-order valence-electron chi connectivity index (χ0n) is 9.33. The van der Waals surface area contributed by atoms with Gasteiger partial charge in [0.15, 0.2) is 0 Å². The minimum absolute atomic E-state index is 0.0512. The molecule has 0 atom stereocenters. The molecule has 0 heterocycles. The van der Waals surface area contributed by atoms with Crippen LogP contribution < -0.4 is 0 Å². The fraction of sp³-hybridized carbons (Fsp3) is 0.182. The molecule has 0 aliphatic carbocycles. The Hall–Kier alpha value is -1.66. The number of likely N-dealkylation sites (N-methyl/N-ethyl adjacent to an activating group) is 1. The fourth-order valence-electron chi connectivity index (χ4n) is 1.23. The quantitative estimate of drug-likeness (QED) is 0.802. The number of benzene rings is 1. The van der Waals surface area contributed by atoms with Gasteiger partial charge < -0.3 is 5.11 Å². The maximum atomic E-state index is 11.9. The highest BCUT2D eigenvalue weighted by molar-refractivity contribution is 7.89. The van der Waals surface area contributed by atoms with Gasteiger partial charge >= 0.3 is 5.97 Å². The van der Waals surface area contributed by atoms with E-state index in [1.165, 1.54) is 37.4 Å². The van der Waals surface area contributed by atoms with E-state index in [0.29, 0.717) is 0 Å². The maximum Gasteiger partial charge on any atom is 0.335 e. The van der Waals surface area contributed by atoms with Gasteiger partial charge in [0.05, 0.1) is 10.5 Å². The number of hydrogen-bond acceptors (Lipinski definition) is 3. The Balaban J connectivity index is 3.08. The number of hydrogen-bond donors (Lipinski definition) is 1. The molecule has 0 aromatic heterocycles. The van der Waals surface area contributed by atoms with Crippen molar-refractivity contribution in [2.45, 2.75) is 4.90 Å². The van der Waals surface area contributed by atoms with Gasteiger partial charge in [-0.25, -0.2) is 13.2 Å². The summed E-state index contributed by atoms with van der Waals surface area (Å²) in [6, 6.07) is 5.07. The largest absolute Gasteiger partial charge is 0.478 e. The predicted molar refractivity (Wildman–Crippen MR) is 63.4 cm³/mol. The van der Waals surface area contributed by atoms with Crippen LogP contribution in [0.5, 0.6) is 0 Å². The van der Waals surface area contributed by atoms with Crippen molar-refractivity contribution in [1.29, 1.82) is 0 Å². The molecular formula is C11H13NO4S. The molecule has 0 radical (unpaired) electrons. The summed E-state index contributed by atoms with van der Waals surface area (Å²) < 4.78 is 25.0. The number of carboxylic acids is 1. The zero-order chi connectivity index (χ0) is 13.1. The normalized spacial score (nSPS) is 11.4. The molecule has 5 nitrogen and oxygen atoms in total. The smallest absolute Gasteiger partial charge is 0.335 e. The Morgan fingerprint density at radius 1 is 1.41 bits per heavy atom. The Labute approximate surface area is 100 Å². The van der Waals surface area contributed by atoms with E-state index in [0.717, 1.165) is 4.31 Å². The summed E-state index contributed by atoms with van der Waals surface area (Å²) >= 11 is 0. The number of carbonyl (C=O) groups is 1. The third-order valence-electron chi connectivity index (χ3n) is 2.20. The average molecular weight is 255 g/mol. The average Bonchev–Trinajstić information content (AvgIpc) is 2.29. The third kappa shape index (κ3) is 2.92. The second-order valence-corrected chi connectivity index (χ2v) is 5.45. The lowest BCUT2D eigenvalue weighted by atomic mass is 10.2. The van der Waals surface area contributed by atoms with Crippen LogP contribution in [0.1, 0.15) is 10.4 Å². The van der Waals surface area contributed by atoms with Crippen LogP contribution in [0.25, 0.3) is 0 Å². The summed E-state index contributed by atoms with van der Waals surface area (Å²) in [6.07, 6.45) is 1.48. The highest BCUT2D eigenvalue weighted by Gasteiger charge is 2.19. The molecule has 0 unspecified atom stereocenters. The molecule has 92 valence electrons. The predicted octanol–water partition coefficient (Wildman–Crippen LogP) is 1.19. The van der Waals surface area contributed by atoms with Crippen molar-refractivity contribution in [1.82, 2.24) is 4.31 Å². The summed E-state index contributed by atoms with van der Waals surface area (Å²) in [4.78, 5) is 10.7. The first kappa shape index (κ1) is 13.4. The van der Waals surface area contributed by atoms with Crippen molar-refractivity contribution >= 4 is 16.0 Å². The molecule has 0 amide bonds. The lowest BCUT2D eigenvalue weighted by molar-refractivity contribution is 0.0697. The first-order valence-electron chi connectivity index (χ1n) is 4.80. The van der Waals surface area contributed by atoms with Gasteiger partial charge in [-0.05, 0) is 24.3 Å². The van der Waals surface area contributed by atoms with Crippen molar-refractivity contribution in [2.24, 2.45) is 0 Å². The Morgan fingerprint density at radius 2 is 1.94 bits per heavy atom. The van der Waals surface area contributed by atoms with Crippen molar-refractivity contribution in [3.63, 3.8) is 0 Å². The number of carboxylic acid groups (broad SMARTS) is 1. The molecule has 0 saturated carbocycles. The number of nitrogens with zero attached hydrogens (tertiary/aromatic N) is 1. The van der Waals surface area contributed by atoms with Gasteiger partial charge in [0, 0.05) is 13.6 Å². The molecule has 1 aromatic rings. The monoisotopic (exact) mass is 255 g/mol. The van der Waals surface area contributed by atoms with Crippen LogP contribution in [-0.4, -0.2) is 37.4 Å². The summed E-state index contributed by atoms with van der Waals surface area (Å²) in [7, 11) is -2.14. The summed E-state index contributed by atoms with van der Waals surface area (Å²) in [5, 5.41) is 8.70. The first-order valence-corrected chi connectivity index (χ1v) is 6.24. The SMILES string of the molecule is C=CCN(C)S(=O)(=O)c1ccc(C(=O)O)cc1. The lowest BCUT2D eigenvalue weighted by Crippen LogP contribution is -2.26. The molecule has 1 rings (SSSR count). The van der Waals surface area contributed by atoms with E-state index in [9.17, 15) is 13.2 Å². The van der Waals surface area contributed by atoms with Crippen LogP contribution >= 0.6 is 0 Å². The van der Waals surface area contributed by atoms with Gasteiger partial charge in [-0.2, -0.15) is 4.31 Å². The standard InChI is InChI=1S/C11H13NO4S/c1-3-8-12(2)17(15,16)10-6-4-9(5-7-10)11(13)14/h3-7H,1,8H2,2H3,(H,13,14). The second kappa shape index (κ2) is 5.11. The number of sulfonamides is 1. The van der Waals surface area contributed by atoms with Gasteiger partial charge in [0.25, 0.3) is 0 Å². The van der Waals surface area contributed by atoms with E-state index < -0.39 is 16.0 Å². The molecule has 0 saturated heterocycles. The lowest BCUT2D eigenvalue weighted by Gasteiger charge is -2.14. The van der Waals surface area contributed by atoms with Gasteiger partial charge in [-0.1, -0.05) is 6.08 Å². The molecule has 0 aliphatic heterocycles. The fourth-order valence-corrected chi connectivity index (χ4v) is 2.37. The highest BCUT2D eigenvalue weighted by atomic mass is 32.2.